The first kappa shape index (κ1) is 12.9. The number of hydrogen-bond acceptors (Lipinski definition) is 2. The van der Waals surface area contributed by atoms with Gasteiger partial charge in [0.15, 0.2) is 11.0 Å². The number of aromatic amines is 1. The molecule has 0 radical (unpaired) electrons. The largest absolute Gasteiger partial charge is 0.287 e. The van der Waals surface area contributed by atoms with E-state index in [4.69, 9.17) is 5.26 Å². The van der Waals surface area contributed by atoms with Gasteiger partial charge in [-0.3, -0.25) is 0 Å². The topological polar surface area (TPSA) is 67.2 Å². The molecule has 0 amide bonds. The summed E-state index contributed by atoms with van der Waals surface area (Å²) in [5.74, 6) is 0.979. The molecule has 0 fully saturated rings. The molecule has 100 valence electrons. The number of nitrogens with one attached hydrogen (secondary N) is 1. The molecule has 0 saturated carbocycles. The summed E-state index contributed by atoms with van der Waals surface area (Å²) < 4.78 is 2.12. The molecule has 0 saturated heterocycles. The van der Waals surface area contributed by atoms with E-state index in [-0.39, 0.29) is 0 Å². The zero-order valence-corrected chi connectivity index (χ0v) is 11.6. The summed E-state index contributed by atoms with van der Waals surface area (Å²) in [5, 5.41) is 18.3. The van der Waals surface area contributed by atoms with Crippen molar-refractivity contribution in [1.82, 2.24) is 4.98 Å². The van der Waals surface area contributed by atoms with Gasteiger partial charge in [0, 0.05) is 12.1 Å². The standard InChI is InChI=1S/C17H12N4/c1-2-21-16-9-14(11-19)13(10-18)8-15(16)20-17(21)12-6-4-3-5-7-12/h3-9H,2H2,1H3/p+1. The summed E-state index contributed by atoms with van der Waals surface area (Å²) in [6.45, 7) is 2.84. The number of fused-ring (bicyclic) bond motifs is 1. The van der Waals surface area contributed by atoms with Crippen LogP contribution in [-0.4, -0.2) is 4.98 Å². The van der Waals surface area contributed by atoms with Gasteiger partial charge < -0.3 is 0 Å². The molecule has 4 heteroatoms. The highest BCUT2D eigenvalue weighted by Crippen LogP contribution is 2.21. The number of aryl methyl sites for hydroxylation is 1. The van der Waals surface area contributed by atoms with Gasteiger partial charge in [-0.1, -0.05) is 18.2 Å². The lowest BCUT2D eigenvalue weighted by atomic mass is 10.1. The van der Waals surface area contributed by atoms with E-state index < -0.39 is 0 Å². The van der Waals surface area contributed by atoms with Crippen LogP contribution in [0.4, 0.5) is 0 Å². The quantitative estimate of drug-likeness (QED) is 0.729. The first-order chi connectivity index (χ1) is 10.3. The van der Waals surface area contributed by atoms with Crippen molar-refractivity contribution in [3.05, 3.63) is 53.6 Å². The van der Waals surface area contributed by atoms with Gasteiger partial charge in [0.2, 0.25) is 0 Å². The lowest BCUT2D eigenvalue weighted by Crippen LogP contribution is -2.33. The molecule has 0 aliphatic rings. The van der Waals surface area contributed by atoms with E-state index in [9.17, 15) is 5.26 Å². The molecule has 1 heterocycles. The van der Waals surface area contributed by atoms with Crippen molar-refractivity contribution in [3.8, 4) is 23.5 Å². The average Bonchev–Trinajstić information content (AvgIpc) is 2.91. The van der Waals surface area contributed by atoms with E-state index in [1.807, 2.05) is 30.3 Å². The second kappa shape index (κ2) is 5.11. The third-order valence-corrected chi connectivity index (χ3v) is 3.55. The highest BCUT2D eigenvalue weighted by atomic mass is 15.1. The highest BCUT2D eigenvalue weighted by molar-refractivity contribution is 5.79. The minimum Gasteiger partial charge on any atom is -0.236 e. The number of nitrogens with zero attached hydrogens (tertiary/aromatic N) is 3. The number of imidazole rings is 1. The first-order valence-electron chi connectivity index (χ1n) is 6.73. The number of nitriles is 2. The predicted molar refractivity (Wildman–Crippen MR) is 79.0 cm³/mol. The number of rotatable bonds is 2. The fourth-order valence-electron chi connectivity index (χ4n) is 2.56. The molecule has 3 rings (SSSR count). The van der Waals surface area contributed by atoms with Gasteiger partial charge in [0.25, 0.3) is 5.82 Å². The molecule has 0 unspecified atom stereocenters. The van der Waals surface area contributed by atoms with E-state index in [1.165, 1.54) is 0 Å². The van der Waals surface area contributed by atoms with Crippen molar-refractivity contribution >= 4 is 11.0 Å². The number of H-pyrrole nitrogens is 1. The van der Waals surface area contributed by atoms with Gasteiger partial charge >= 0.3 is 0 Å². The fourth-order valence-corrected chi connectivity index (χ4v) is 2.56. The summed E-state index contributed by atoms with van der Waals surface area (Å²) in [6.07, 6.45) is 0. The van der Waals surface area contributed by atoms with Crippen LogP contribution in [-0.2, 0) is 6.54 Å². The zero-order chi connectivity index (χ0) is 14.8. The third-order valence-electron chi connectivity index (χ3n) is 3.55. The Morgan fingerprint density at radius 1 is 1.05 bits per heavy atom. The molecule has 21 heavy (non-hydrogen) atoms. The van der Waals surface area contributed by atoms with Crippen LogP contribution < -0.4 is 4.57 Å². The van der Waals surface area contributed by atoms with Crippen molar-refractivity contribution in [2.75, 3.05) is 0 Å². The van der Waals surface area contributed by atoms with Crippen molar-refractivity contribution < 1.29 is 4.57 Å². The molecular weight excluding hydrogens is 260 g/mol. The smallest absolute Gasteiger partial charge is 0.236 e. The second-order valence-electron chi connectivity index (χ2n) is 4.72. The Morgan fingerprint density at radius 3 is 2.33 bits per heavy atom. The Kier molecular flexibility index (Phi) is 3.14. The molecule has 0 aliphatic carbocycles. The van der Waals surface area contributed by atoms with Gasteiger partial charge in [0.1, 0.15) is 12.1 Å². The monoisotopic (exact) mass is 273 g/mol. The predicted octanol–water partition coefficient (Wildman–Crippen LogP) is 2.89. The van der Waals surface area contributed by atoms with Crippen LogP contribution in [0.5, 0.6) is 0 Å². The molecule has 0 spiro atoms. The van der Waals surface area contributed by atoms with Gasteiger partial charge in [-0.2, -0.15) is 10.5 Å². The van der Waals surface area contributed by atoms with Crippen molar-refractivity contribution in [3.63, 3.8) is 0 Å². The molecule has 4 nitrogen and oxygen atoms in total. The van der Waals surface area contributed by atoms with E-state index >= 15 is 0 Å². The lowest BCUT2D eigenvalue weighted by molar-refractivity contribution is -0.656. The maximum atomic E-state index is 9.18. The SMILES string of the molecule is CC[n+]1c(-c2ccccc2)[nH]c2cc(C#N)c(C#N)cc21. The summed E-state index contributed by atoms with van der Waals surface area (Å²) in [5.41, 5.74) is 3.69. The molecule has 3 aromatic rings. The first-order valence-corrected chi connectivity index (χ1v) is 6.73. The third kappa shape index (κ3) is 2.04. The van der Waals surface area contributed by atoms with Crippen LogP contribution >= 0.6 is 0 Å². The Labute approximate surface area is 122 Å². The maximum Gasteiger partial charge on any atom is 0.287 e. The Hall–Kier alpha value is -3.11. The van der Waals surface area contributed by atoms with Crippen LogP contribution in [0.25, 0.3) is 22.4 Å². The Bertz CT molecular complexity index is 892. The van der Waals surface area contributed by atoms with Crippen molar-refractivity contribution in [1.29, 1.82) is 10.5 Å². The second-order valence-corrected chi connectivity index (χ2v) is 4.72. The van der Waals surface area contributed by atoms with Crippen LogP contribution in [0.2, 0.25) is 0 Å². The van der Waals surface area contributed by atoms with Crippen molar-refractivity contribution in [2.45, 2.75) is 13.5 Å². The van der Waals surface area contributed by atoms with Crippen molar-refractivity contribution in [2.24, 2.45) is 0 Å². The van der Waals surface area contributed by atoms with Gasteiger partial charge in [-0.05, 0) is 19.1 Å². The minimum absolute atomic E-state index is 0.397. The number of hydrogen-bond donors (Lipinski definition) is 1. The number of aromatic nitrogens is 2. The number of benzene rings is 2. The van der Waals surface area contributed by atoms with E-state index in [0.29, 0.717) is 11.1 Å². The molecule has 1 aromatic heterocycles. The maximum absolute atomic E-state index is 9.18. The Balaban J connectivity index is 2.34. The van der Waals surface area contributed by atoms with Crippen LogP contribution in [0.1, 0.15) is 18.1 Å². The van der Waals surface area contributed by atoms with Crippen LogP contribution in [0, 0.1) is 22.7 Å². The molecule has 1 N–H and O–H groups in total. The van der Waals surface area contributed by atoms with Gasteiger partial charge in [-0.25, -0.2) is 9.55 Å². The van der Waals surface area contributed by atoms with E-state index in [2.05, 4.69) is 28.6 Å². The van der Waals surface area contributed by atoms with Gasteiger partial charge in [-0.15, -0.1) is 0 Å². The van der Waals surface area contributed by atoms with Crippen LogP contribution in [0.15, 0.2) is 42.5 Å². The minimum atomic E-state index is 0.397. The summed E-state index contributed by atoms with van der Waals surface area (Å²) in [7, 11) is 0. The molecular formula is C17H13N4+. The van der Waals surface area contributed by atoms with E-state index in [0.717, 1.165) is 29.0 Å². The molecule has 2 aromatic carbocycles. The summed E-state index contributed by atoms with van der Waals surface area (Å²) in [6, 6.07) is 17.7. The van der Waals surface area contributed by atoms with Gasteiger partial charge in [0.05, 0.1) is 23.2 Å². The average molecular weight is 273 g/mol. The van der Waals surface area contributed by atoms with Crippen LogP contribution in [0.3, 0.4) is 0 Å². The summed E-state index contributed by atoms with van der Waals surface area (Å²) in [4.78, 5) is 3.36. The lowest BCUT2D eigenvalue weighted by Gasteiger charge is -1.98. The molecule has 0 atom stereocenters. The fraction of sp³-hybridized carbons (Fsp3) is 0.118. The summed E-state index contributed by atoms with van der Waals surface area (Å²) >= 11 is 0. The van der Waals surface area contributed by atoms with E-state index in [1.54, 1.807) is 12.1 Å². The normalized spacial score (nSPS) is 10.2. The Morgan fingerprint density at radius 2 is 1.71 bits per heavy atom. The zero-order valence-electron chi connectivity index (χ0n) is 11.6. The molecule has 0 bridgehead atoms. The highest BCUT2D eigenvalue weighted by Gasteiger charge is 2.20. The molecule has 0 aliphatic heterocycles.